The Morgan fingerprint density at radius 3 is 2.77 bits per heavy atom. The Labute approximate surface area is 78.4 Å². The topological polar surface area (TPSA) is 28.7 Å². The van der Waals surface area contributed by atoms with Crippen LogP contribution in [0.2, 0.25) is 13.6 Å². The van der Waals surface area contributed by atoms with Crippen LogP contribution in [0.15, 0.2) is 18.3 Å². The minimum Gasteiger partial charge on any atom is -0.278 e. The Kier molecular flexibility index (Phi) is 1.87. The molecule has 0 aliphatic rings. The molecule has 3 heteroatoms. The van der Waals surface area contributed by atoms with Gasteiger partial charge in [0.1, 0.15) is 0 Å². The number of fused-ring (bicyclic) bond motifs is 1. The fraction of sp³-hybridized carbons (Fsp3) is 0.300. The van der Waals surface area contributed by atoms with Crippen molar-refractivity contribution in [2.75, 3.05) is 0 Å². The van der Waals surface area contributed by atoms with Gasteiger partial charge in [-0.3, -0.25) is 5.10 Å². The molecule has 66 valence electrons. The molecule has 0 spiro atoms. The van der Waals surface area contributed by atoms with Crippen LogP contribution in [0.5, 0.6) is 0 Å². The van der Waals surface area contributed by atoms with Gasteiger partial charge in [0, 0.05) is 5.39 Å². The summed E-state index contributed by atoms with van der Waals surface area (Å²) < 4.78 is 0. The number of hydrogen-bond donors (Lipinski definition) is 1. The quantitative estimate of drug-likeness (QED) is 0.653. The molecule has 2 aromatic rings. The molecule has 0 bridgehead atoms. The molecule has 2 rings (SSSR count). The summed E-state index contributed by atoms with van der Waals surface area (Å²) >= 11 is 0. The van der Waals surface area contributed by atoms with E-state index in [9.17, 15) is 0 Å². The zero-order valence-electron chi connectivity index (χ0n) is 8.26. The summed E-state index contributed by atoms with van der Waals surface area (Å²) in [4.78, 5) is 0. The zero-order valence-corrected chi connectivity index (χ0v) is 8.26. The summed E-state index contributed by atoms with van der Waals surface area (Å²) in [6.07, 6.45) is 1.91. The average molecular weight is 172 g/mol. The van der Waals surface area contributed by atoms with Crippen LogP contribution >= 0.6 is 0 Å². The molecule has 0 aliphatic heterocycles. The predicted molar refractivity (Wildman–Crippen MR) is 57.9 cm³/mol. The normalized spacial score (nSPS) is 10.7. The average Bonchev–Trinajstić information content (AvgIpc) is 2.49. The van der Waals surface area contributed by atoms with Crippen LogP contribution in [0.1, 0.15) is 5.56 Å². The molecule has 0 amide bonds. The maximum Gasteiger partial charge on any atom is 0.170 e. The first-order chi connectivity index (χ1) is 6.18. The highest BCUT2D eigenvalue weighted by Crippen LogP contribution is 2.11. The van der Waals surface area contributed by atoms with Crippen molar-refractivity contribution in [3.63, 3.8) is 0 Å². The molecule has 0 saturated heterocycles. The van der Waals surface area contributed by atoms with E-state index >= 15 is 0 Å². The summed E-state index contributed by atoms with van der Waals surface area (Å²) in [5, 5.41) is 8.32. The Bertz CT molecular complexity index is 431. The summed E-state index contributed by atoms with van der Waals surface area (Å²) in [6, 6.07) is 4.37. The molecular formula is C10H13BN2. The highest BCUT2D eigenvalue weighted by Gasteiger charge is 2.09. The van der Waals surface area contributed by atoms with Crippen molar-refractivity contribution in [3.8, 4) is 0 Å². The van der Waals surface area contributed by atoms with E-state index in [1.54, 1.807) is 0 Å². The van der Waals surface area contributed by atoms with E-state index in [4.69, 9.17) is 0 Å². The van der Waals surface area contributed by atoms with Gasteiger partial charge in [0.05, 0.1) is 11.7 Å². The van der Waals surface area contributed by atoms with E-state index in [-0.39, 0.29) is 0 Å². The number of hydrogen-bond acceptors (Lipinski definition) is 1. The second-order valence-electron chi connectivity index (χ2n) is 3.84. The van der Waals surface area contributed by atoms with Crippen LogP contribution in [0.3, 0.4) is 0 Å². The Morgan fingerprint density at radius 1 is 1.31 bits per heavy atom. The lowest BCUT2D eigenvalue weighted by Crippen LogP contribution is -2.23. The second-order valence-corrected chi connectivity index (χ2v) is 3.84. The van der Waals surface area contributed by atoms with Gasteiger partial charge in [-0.2, -0.15) is 5.10 Å². The number of nitrogens with zero attached hydrogens (tertiary/aromatic N) is 1. The molecule has 2 nitrogen and oxygen atoms in total. The Balaban J connectivity index is 2.77. The number of aromatic nitrogens is 2. The van der Waals surface area contributed by atoms with Crippen molar-refractivity contribution in [3.05, 3.63) is 23.9 Å². The van der Waals surface area contributed by atoms with Gasteiger partial charge >= 0.3 is 0 Å². The number of aromatic amines is 1. The lowest BCUT2D eigenvalue weighted by molar-refractivity contribution is 1.12. The number of aryl methyl sites for hydroxylation is 1. The van der Waals surface area contributed by atoms with Crippen LogP contribution in [-0.4, -0.2) is 16.9 Å². The SMILES string of the molecule is CB(C)c1cc(C)cc2[nH]ncc12. The van der Waals surface area contributed by atoms with E-state index < -0.39 is 0 Å². The fourth-order valence-electron chi connectivity index (χ4n) is 1.71. The van der Waals surface area contributed by atoms with E-state index in [1.807, 2.05) is 6.20 Å². The molecule has 1 aromatic carbocycles. The maximum atomic E-state index is 4.06. The number of nitrogens with one attached hydrogen (secondary N) is 1. The first-order valence-electron chi connectivity index (χ1n) is 4.62. The van der Waals surface area contributed by atoms with E-state index in [0.717, 1.165) is 5.52 Å². The van der Waals surface area contributed by atoms with Crippen molar-refractivity contribution in [1.29, 1.82) is 0 Å². The predicted octanol–water partition coefficient (Wildman–Crippen LogP) is 1.83. The van der Waals surface area contributed by atoms with E-state index in [1.165, 1.54) is 16.4 Å². The largest absolute Gasteiger partial charge is 0.278 e. The van der Waals surface area contributed by atoms with Crippen LogP contribution in [0, 0.1) is 6.92 Å². The Morgan fingerprint density at radius 2 is 2.08 bits per heavy atom. The van der Waals surface area contributed by atoms with Crippen molar-refractivity contribution in [2.45, 2.75) is 20.6 Å². The maximum absolute atomic E-state index is 4.06. The molecule has 0 atom stereocenters. The molecule has 0 aliphatic carbocycles. The lowest BCUT2D eigenvalue weighted by atomic mass is 9.48. The molecule has 1 N–H and O–H groups in total. The fourth-order valence-corrected chi connectivity index (χ4v) is 1.71. The minimum atomic E-state index is 0.556. The summed E-state index contributed by atoms with van der Waals surface area (Å²) in [5.74, 6) is 0. The minimum absolute atomic E-state index is 0.556. The van der Waals surface area contributed by atoms with Gasteiger partial charge in [0.15, 0.2) is 6.71 Å². The molecule has 0 unspecified atom stereocenters. The number of benzene rings is 1. The van der Waals surface area contributed by atoms with Gasteiger partial charge in [-0.05, 0) is 18.6 Å². The van der Waals surface area contributed by atoms with Crippen molar-refractivity contribution in [1.82, 2.24) is 10.2 Å². The van der Waals surface area contributed by atoms with Crippen LogP contribution in [0.4, 0.5) is 0 Å². The van der Waals surface area contributed by atoms with Crippen molar-refractivity contribution in [2.24, 2.45) is 0 Å². The monoisotopic (exact) mass is 172 g/mol. The summed E-state index contributed by atoms with van der Waals surface area (Å²) in [7, 11) is 0. The standard InChI is InChI=1S/C10H13BN2/c1-7-4-9(11(2)3)8-6-12-13-10(8)5-7/h4-6H,1-3H3,(H,12,13). The van der Waals surface area contributed by atoms with Gasteiger partial charge in [-0.1, -0.05) is 25.2 Å². The first kappa shape index (κ1) is 8.36. The van der Waals surface area contributed by atoms with Crippen LogP contribution in [-0.2, 0) is 0 Å². The molecule has 0 saturated carbocycles. The van der Waals surface area contributed by atoms with Crippen LogP contribution in [0.25, 0.3) is 10.9 Å². The van der Waals surface area contributed by atoms with Crippen molar-refractivity contribution < 1.29 is 0 Å². The molecule has 13 heavy (non-hydrogen) atoms. The van der Waals surface area contributed by atoms with Gasteiger partial charge < -0.3 is 0 Å². The third kappa shape index (κ3) is 1.35. The molecule has 1 aromatic heterocycles. The zero-order chi connectivity index (χ0) is 9.42. The van der Waals surface area contributed by atoms with E-state index in [0.29, 0.717) is 6.71 Å². The van der Waals surface area contributed by atoms with Gasteiger partial charge in [0.2, 0.25) is 0 Å². The lowest BCUT2D eigenvalue weighted by Gasteiger charge is -2.05. The smallest absolute Gasteiger partial charge is 0.170 e. The third-order valence-electron chi connectivity index (χ3n) is 2.36. The second kappa shape index (κ2) is 2.91. The summed E-state index contributed by atoms with van der Waals surface area (Å²) in [6.45, 7) is 7.09. The van der Waals surface area contributed by atoms with Crippen molar-refractivity contribution >= 4 is 23.1 Å². The van der Waals surface area contributed by atoms with E-state index in [2.05, 4.69) is 42.9 Å². The van der Waals surface area contributed by atoms with Gasteiger partial charge in [-0.25, -0.2) is 0 Å². The molecule has 0 radical (unpaired) electrons. The molecule has 1 heterocycles. The summed E-state index contributed by atoms with van der Waals surface area (Å²) in [5.41, 5.74) is 3.81. The molecular weight excluding hydrogens is 159 g/mol. The highest BCUT2D eigenvalue weighted by molar-refractivity contribution is 6.73. The highest BCUT2D eigenvalue weighted by atomic mass is 15.1. The van der Waals surface area contributed by atoms with Gasteiger partial charge in [-0.15, -0.1) is 0 Å². The van der Waals surface area contributed by atoms with Crippen LogP contribution < -0.4 is 5.46 Å². The number of H-pyrrole nitrogens is 1. The van der Waals surface area contributed by atoms with Gasteiger partial charge in [0.25, 0.3) is 0 Å². The third-order valence-corrected chi connectivity index (χ3v) is 2.36. The molecule has 0 fully saturated rings. The number of rotatable bonds is 1. The first-order valence-corrected chi connectivity index (χ1v) is 4.62. The Hall–Kier alpha value is -1.25.